The van der Waals surface area contributed by atoms with Gasteiger partial charge in [-0.05, 0) is 46.0 Å². The molecule has 1 saturated heterocycles. The van der Waals surface area contributed by atoms with Gasteiger partial charge < -0.3 is 5.32 Å². The van der Waals surface area contributed by atoms with E-state index >= 15 is 0 Å². The summed E-state index contributed by atoms with van der Waals surface area (Å²) in [6.07, 6.45) is 0.918. The van der Waals surface area contributed by atoms with Gasteiger partial charge in [-0.25, -0.2) is 9.69 Å². The summed E-state index contributed by atoms with van der Waals surface area (Å²) in [5, 5.41) is 7.29. The Hall–Kier alpha value is -3.26. The highest BCUT2D eigenvalue weighted by Crippen LogP contribution is 2.41. The summed E-state index contributed by atoms with van der Waals surface area (Å²) >= 11 is 3.50. The van der Waals surface area contributed by atoms with Gasteiger partial charge in [-0.3, -0.25) is 9.69 Å². The van der Waals surface area contributed by atoms with Crippen molar-refractivity contribution in [3.63, 3.8) is 0 Å². The molecule has 2 aliphatic heterocycles. The quantitative estimate of drug-likeness (QED) is 0.395. The lowest BCUT2D eigenvalue weighted by atomic mass is 9.83. The zero-order valence-electron chi connectivity index (χ0n) is 18.4. The van der Waals surface area contributed by atoms with Gasteiger partial charge in [0.25, 0.3) is 5.91 Å². The summed E-state index contributed by atoms with van der Waals surface area (Å²) in [5.41, 5.74) is 1.57. The molecule has 2 aliphatic rings. The third kappa shape index (κ3) is 3.31. The molecule has 4 heterocycles. The van der Waals surface area contributed by atoms with Gasteiger partial charge in [-0.2, -0.15) is 0 Å². The highest BCUT2D eigenvalue weighted by Gasteiger charge is 2.54. The van der Waals surface area contributed by atoms with Crippen LogP contribution in [0.5, 0.6) is 0 Å². The summed E-state index contributed by atoms with van der Waals surface area (Å²) in [5.74, 6) is -0.240. The fraction of sp³-hybridized carbons (Fsp3) is 0.185. The second-order valence-corrected chi connectivity index (χ2v) is 10.5. The lowest BCUT2D eigenvalue weighted by Crippen LogP contribution is -2.48. The van der Waals surface area contributed by atoms with Crippen molar-refractivity contribution in [1.82, 2.24) is 15.1 Å². The van der Waals surface area contributed by atoms with Crippen LogP contribution in [0.1, 0.15) is 32.5 Å². The second kappa shape index (κ2) is 8.51. The van der Waals surface area contributed by atoms with Crippen LogP contribution < -0.4 is 5.32 Å². The highest BCUT2D eigenvalue weighted by atomic mass is 32.1. The van der Waals surface area contributed by atoms with E-state index in [0.717, 1.165) is 24.1 Å². The molecule has 6 rings (SSSR count). The normalized spacial score (nSPS) is 19.8. The number of urea groups is 1. The zero-order valence-corrected chi connectivity index (χ0v) is 20.0. The topological polar surface area (TPSA) is 52.7 Å². The van der Waals surface area contributed by atoms with Gasteiger partial charge in [0.15, 0.2) is 5.54 Å². The molecule has 0 unspecified atom stereocenters. The number of carbonyl (C=O) groups is 2. The predicted octanol–water partition coefficient (Wildman–Crippen LogP) is 5.21. The van der Waals surface area contributed by atoms with Crippen LogP contribution >= 0.6 is 22.7 Å². The molecule has 2 aromatic carbocycles. The molecule has 34 heavy (non-hydrogen) atoms. The van der Waals surface area contributed by atoms with Crippen molar-refractivity contribution < 1.29 is 9.59 Å². The Morgan fingerprint density at radius 3 is 2.21 bits per heavy atom. The maximum atomic E-state index is 14.1. The van der Waals surface area contributed by atoms with Gasteiger partial charge in [0.1, 0.15) is 0 Å². The number of thiophene rings is 2. The summed E-state index contributed by atoms with van der Waals surface area (Å²) in [7, 11) is 0. The van der Waals surface area contributed by atoms with Gasteiger partial charge >= 0.3 is 6.03 Å². The molecule has 7 heteroatoms. The molecule has 0 radical (unpaired) electrons. The van der Waals surface area contributed by atoms with E-state index in [-0.39, 0.29) is 24.6 Å². The second-order valence-electron chi connectivity index (χ2n) is 8.57. The molecule has 1 N–H and O–H groups in total. The number of hydrogen-bond acceptors (Lipinski definition) is 5. The summed E-state index contributed by atoms with van der Waals surface area (Å²) in [6, 6.07) is 25.1. The van der Waals surface area contributed by atoms with E-state index in [0.29, 0.717) is 0 Å². The number of rotatable bonds is 5. The third-order valence-corrected chi connectivity index (χ3v) is 8.64. The van der Waals surface area contributed by atoms with Crippen LogP contribution in [0.15, 0.2) is 89.6 Å². The molecule has 2 aromatic heterocycles. The van der Waals surface area contributed by atoms with Gasteiger partial charge in [0, 0.05) is 16.3 Å². The summed E-state index contributed by atoms with van der Waals surface area (Å²) in [6.45, 7) is 1.03. The number of imide groups is 1. The number of carbonyl (C=O) groups excluding carboxylic acids is 2. The molecule has 0 saturated carbocycles. The SMILES string of the molecule is O=C1NC(c2ccccc2)(c2ccccc2)C(=O)N1CN1CCc2sccc2[C@@H]1c1cccs1. The van der Waals surface area contributed by atoms with Crippen LogP contribution in [0.3, 0.4) is 0 Å². The lowest BCUT2D eigenvalue weighted by molar-refractivity contribution is -0.132. The smallest absolute Gasteiger partial charge is 0.315 e. The standard InChI is InChI=1S/C27H23N3O2S2/c31-25-27(19-8-3-1-4-9-19,20-10-5-2-6-11-20)28-26(32)30(25)18-29-15-13-22-21(14-17-34-22)24(29)23-12-7-16-33-23/h1-12,14,16-17,24H,13,15,18H2,(H,28,32)/t24-/m1/s1. The van der Waals surface area contributed by atoms with Crippen molar-refractivity contribution in [2.24, 2.45) is 0 Å². The van der Waals surface area contributed by atoms with Crippen LogP contribution in [-0.2, 0) is 16.8 Å². The van der Waals surface area contributed by atoms with Crippen molar-refractivity contribution >= 4 is 34.6 Å². The zero-order chi connectivity index (χ0) is 23.1. The first-order valence-corrected chi connectivity index (χ1v) is 13.0. The molecule has 0 aliphatic carbocycles. The monoisotopic (exact) mass is 485 g/mol. The average Bonchev–Trinajstić information content (AvgIpc) is 3.62. The maximum Gasteiger partial charge on any atom is 0.326 e. The molecule has 170 valence electrons. The van der Waals surface area contributed by atoms with Crippen LogP contribution in [0.2, 0.25) is 0 Å². The molecule has 0 bridgehead atoms. The van der Waals surface area contributed by atoms with E-state index in [2.05, 4.69) is 39.2 Å². The van der Waals surface area contributed by atoms with Crippen LogP contribution in [0.25, 0.3) is 0 Å². The third-order valence-electron chi connectivity index (χ3n) is 6.72. The predicted molar refractivity (Wildman–Crippen MR) is 135 cm³/mol. The number of hydrogen-bond donors (Lipinski definition) is 1. The number of nitrogens with zero attached hydrogens (tertiary/aromatic N) is 2. The number of fused-ring (bicyclic) bond motifs is 1. The molecule has 4 aromatic rings. The van der Waals surface area contributed by atoms with Crippen molar-refractivity contribution in [2.75, 3.05) is 13.2 Å². The minimum absolute atomic E-state index is 0.0408. The molecule has 3 amide bonds. The Morgan fingerprint density at radius 1 is 0.853 bits per heavy atom. The van der Waals surface area contributed by atoms with E-state index in [9.17, 15) is 9.59 Å². The molecule has 1 fully saturated rings. The highest BCUT2D eigenvalue weighted by molar-refractivity contribution is 7.10. The van der Waals surface area contributed by atoms with Crippen molar-refractivity contribution in [1.29, 1.82) is 0 Å². The lowest BCUT2D eigenvalue weighted by Gasteiger charge is -2.37. The Balaban J connectivity index is 1.39. The van der Waals surface area contributed by atoms with Gasteiger partial charge in [0.2, 0.25) is 0 Å². The van der Waals surface area contributed by atoms with Crippen molar-refractivity contribution in [3.8, 4) is 0 Å². The number of benzene rings is 2. The van der Waals surface area contributed by atoms with E-state index in [1.54, 1.807) is 22.7 Å². The fourth-order valence-corrected chi connectivity index (χ4v) is 6.90. The first kappa shape index (κ1) is 21.3. The first-order chi connectivity index (χ1) is 16.7. The Bertz CT molecular complexity index is 1280. The molecule has 0 spiro atoms. The molecule has 5 nitrogen and oxygen atoms in total. The molecular weight excluding hydrogens is 462 g/mol. The first-order valence-electron chi connectivity index (χ1n) is 11.3. The Labute approximate surface area is 206 Å². The summed E-state index contributed by atoms with van der Waals surface area (Å²) < 4.78 is 0. The van der Waals surface area contributed by atoms with Gasteiger partial charge in [-0.1, -0.05) is 66.7 Å². The number of nitrogens with one attached hydrogen (secondary N) is 1. The maximum absolute atomic E-state index is 14.1. The van der Waals surface area contributed by atoms with E-state index in [1.807, 2.05) is 60.7 Å². The minimum atomic E-state index is -1.23. The summed E-state index contributed by atoms with van der Waals surface area (Å²) in [4.78, 5) is 33.8. The van der Waals surface area contributed by atoms with E-state index in [4.69, 9.17) is 0 Å². The average molecular weight is 486 g/mol. The van der Waals surface area contributed by atoms with Crippen LogP contribution in [-0.4, -0.2) is 35.0 Å². The minimum Gasteiger partial charge on any atom is -0.315 e. The van der Waals surface area contributed by atoms with Crippen molar-refractivity contribution in [3.05, 3.63) is 116 Å². The molecular formula is C27H23N3O2S2. The van der Waals surface area contributed by atoms with Gasteiger partial charge in [0.05, 0.1) is 12.7 Å². The largest absolute Gasteiger partial charge is 0.326 e. The van der Waals surface area contributed by atoms with E-state index < -0.39 is 5.54 Å². The molecule has 1 atom stereocenters. The van der Waals surface area contributed by atoms with E-state index in [1.165, 1.54) is 20.2 Å². The fourth-order valence-electron chi connectivity index (χ4n) is 5.12. The van der Waals surface area contributed by atoms with Crippen LogP contribution in [0, 0.1) is 0 Å². The number of amides is 3. The Kier molecular flexibility index (Phi) is 5.32. The van der Waals surface area contributed by atoms with Gasteiger partial charge in [-0.15, -0.1) is 22.7 Å². The Morgan fingerprint density at radius 2 is 1.56 bits per heavy atom. The van der Waals surface area contributed by atoms with Crippen LogP contribution in [0.4, 0.5) is 4.79 Å². The van der Waals surface area contributed by atoms with Crippen molar-refractivity contribution in [2.45, 2.75) is 18.0 Å².